The molecule has 0 fully saturated rings. The standard InChI is InChI=1S/C13H14BrClN2O2/c1-2-19-13(18)8-17-11-7-9(14)3-4-10(11)16-12(17)5-6-15/h3-4,7H,2,5-6,8H2,1H3. The molecule has 0 aliphatic rings. The Morgan fingerprint density at radius 3 is 3.00 bits per heavy atom. The van der Waals surface area contributed by atoms with E-state index in [1.165, 1.54) is 0 Å². The van der Waals surface area contributed by atoms with Crippen LogP contribution in [0.4, 0.5) is 0 Å². The molecule has 0 aliphatic heterocycles. The van der Waals surface area contributed by atoms with E-state index >= 15 is 0 Å². The lowest BCUT2D eigenvalue weighted by Gasteiger charge is -2.08. The Morgan fingerprint density at radius 1 is 1.53 bits per heavy atom. The number of ether oxygens (including phenoxy) is 1. The molecule has 0 spiro atoms. The van der Waals surface area contributed by atoms with Crippen LogP contribution in [0.1, 0.15) is 12.7 Å². The lowest BCUT2D eigenvalue weighted by Crippen LogP contribution is -2.15. The molecule has 2 rings (SSSR count). The van der Waals surface area contributed by atoms with Crippen LogP contribution in [0.25, 0.3) is 11.0 Å². The molecule has 1 aromatic carbocycles. The summed E-state index contributed by atoms with van der Waals surface area (Å²) in [6.07, 6.45) is 0.618. The molecule has 0 atom stereocenters. The average molecular weight is 346 g/mol. The van der Waals surface area contributed by atoms with Crippen molar-refractivity contribution in [2.45, 2.75) is 19.9 Å². The second kappa shape index (κ2) is 6.39. The molecule has 0 aliphatic carbocycles. The monoisotopic (exact) mass is 344 g/mol. The molecular weight excluding hydrogens is 332 g/mol. The summed E-state index contributed by atoms with van der Waals surface area (Å²) < 4.78 is 7.80. The van der Waals surface area contributed by atoms with E-state index in [0.717, 1.165) is 21.3 Å². The summed E-state index contributed by atoms with van der Waals surface area (Å²) in [6, 6.07) is 5.78. The van der Waals surface area contributed by atoms with Gasteiger partial charge in [-0.15, -0.1) is 11.6 Å². The summed E-state index contributed by atoms with van der Waals surface area (Å²) in [7, 11) is 0. The van der Waals surface area contributed by atoms with Crippen molar-refractivity contribution in [3.05, 3.63) is 28.5 Å². The first kappa shape index (κ1) is 14.3. The number of aromatic nitrogens is 2. The van der Waals surface area contributed by atoms with Crippen molar-refractivity contribution in [3.63, 3.8) is 0 Å². The summed E-state index contributed by atoms with van der Waals surface area (Å²) in [5.41, 5.74) is 1.76. The van der Waals surface area contributed by atoms with E-state index in [2.05, 4.69) is 20.9 Å². The van der Waals surface area contributed by atoms with Gasteiger partial charge in [0.25, 0.3) is 0 Å². The number of alkyl halides is 1. The van der Waals surface area contributed by atoms with Crippen molar-refractivity contribution in [2.24, 2.45) is 0 Å². The van der Waals surface area contributed by atoms with Crippen LogP contribution in [-0.2, 0) is 22.5 Å². The zero-order valence-corrected chi connectivity index (χ0v) is 12.9. The van der Waals surface area contributed by atoms with Gasteiger partial charge in [0, 0.05) is 16.8 Å². The molecule has 0 amide bonds. The fraction of sp³-hybridized carbons (Fsp3) is 0.385. The molecular formula is C13H14BrClN2O2. The van der Waals surface area contributed by atoms with Crippen LogP contribution >= 0.6 is 27.5 Å². The molecule has 0 saturated carbocycles. The number of nitrogens with zero attached hydrogens (tertiary/aromatic N) is 2. The maximum absolute atomic E-state index is 11.7. The van der Waals surface area contributed by atoms with E-state index in [4.69, 9.17) is 16.3 Å². The van der Waals surface area contributed by atoms with Crippen molar-refractivity contribution < 1.29 is 9.53 Å². The highest BCUT2D eigenvalue weighted by Gasteiger charge is 2.14. The number of fused-ring (bicyclic) bond motifs is 1. The highest BCUT2D eigenvalue weighted by molar-refractivity contribution is 9.10. The van der Waals surface area contributed by atoms with E-state index in [0.29, 0.717) is 18.9 Å². The summed E-state index contributed by atoms with van der Waals surface area (Å²) in [4.78, 5) is 16.2. The molecule has 0 N–H and O–H groups in total. The second-order valence-electron chi connectivity index (χ2n) is 3.99. The van der Waals surface area contributed by atoms with Crippen LogP contribution in [0.3, 0.4) is 0 Å². The normalized spacial score (nSPS) is 10.9. The number of carbonyl (C=O) groups excluding carboxylic acids is 1. The second-order valence-corrected chi connectivity index (χ2v) is 5.28. The largest absolute Gasteiger partial charge is 0.465 e. The number of hydrogen-bond acceptors (Lipinski definition) is 3. The van der Waals surface area contributed by atoms with Crippen LogP contribution in [0.2, 0.25) is 0 Å². The molecule has 0 saturated heterocycles. The van der Waals surface area contributed by atoms with Crippen LogP contribution in [0.15, 0.2) is 22.7 Å². The molecule has 0 radical (unpaired) electrons. The minimum absolute atomic E-state index is 0.160. The maximum Gasteiger partial charge on any atom is 0.326 e. The van der Waals surface area contributed by atoms with Gasteiger partial charge in [0.2, 0.25) is 0 Å². The minimum Gasteiger partial charge on any atom is -0.465 e. The third-order valence-electron chi connectivity index (χ3n) is 2.70. The van der Waals surface area contributed by atoms with Crippen LogP contribution in [-0.4, -0.2) is 28.0 Å². The first-order valence-electron chi connectivity index (χ1n) is 6.02. The minimum atomic E-state index is -0.266. The number of benzene rings is 1. The van der Waals surface area contributed by atoms with Gasteiger partial charge in [0.1, 0.15) is 12.4 Å². The smallest absolute Gasteiger partial charge is 0.326 e. The third kappa shape index (κ3) is 3.28. The number of halogens is 2. The van der Waals surface area contributed by atoms with Crippen LogP contribution in [0.5, 0.6) is 0 Å². The Morgan fingerprint density at radius 2 is 2.32 bits per heavy atom. The SMILES string of the molecule is CCOC(=O)Cn1c(CCCl)nc2ccc(Br)cc21. The van der Waals surface area contributed by atoms with E-state index in [1.54, 1.807) is 6.92 Å². The molecule has 102 valence electrons. The topological polar surface area (TPSA) is 44.1 Å². The predicted molar refractivity (Wildman–Crippen MR) is 78.5 cm³/mol. The Kier molecular flexibility index (Phi) is 4.82. The number of esters is 1. The fourth-order valence-electron chi connectivity index (χ4n) is 1.93. The Labute approximate surface area is 124 Å². The number of imidazole rings is 1. The Balaban J connectivity index is 2.44. The highest BCUT2D eigenvalue weighted by Crippen LogP contribution is 2.21. The zero-order valence-electron chi connectivity index (χ0n) is 10.5. The van der Waals surface area contributed by atoms with Gasteiger partial charge in [-0.3, -0.25) is 4.79 Å². The Bertz CT molecular complexity index is 598. The number of aryl methyl sites for hydroxylation is 1. The predicted octanol–water partition coefficient (Wildman–Crippen LogP) is 3.14. The first-order chi connectivity index (χ1) is 9.15. The fourth-order valence-corrected chi connectivity index (χ4v) is 2.45. The third-order valence-corrected chi connectivity index (χ3v) is 3.38. The van der Waals surface area contributed by atoms with Crippen molar-refractivity contribution in [1.29, 1.82) is 0 Å². The molecule has 0 unspecified atom stereocenters. The lowest BCUT2D eigenvalue weighted by atomic mass is 10.3. The highest BCUT2D eigenvalue weighted by atomic mass is 79.9. The van der Waals surface area contributed by atoms with Crippen molar-refractivity contribution in [2.75, 3.05) is 12.5 Å². The average Bonchev–Trinajstić information content (AvgIpc) is 2.68. The van der Waals surface area contributed by atoms with Gasteiger partial charge in [0.15, 0.2) is 0 Å². The van der Waals surface area contributed by atoms with Gasteiger partial charge in [-0.05, 0) is 25.1 Å². The van der Waals surface area contributed by atoms with Gasteiger partial charge < -0.3 is 9.30 Å². The van der Waals surface area contributed by atoms with E-state index in [-0.39, 0.29) is 12.5 Å². The van der Waals surface area contributed by atoms with Gasteiger partial charge >= 0.3 is 5.97 Å². The van der Waals surface area contributed by atoms with Crippen molar-refractivity contribution >= 4 is 44.5 Å². The van der Waals surface area contributed by atoms with Crippen molar-refractivity contribution in [3.8, 4) is 0 Å². The molecule has 19 heavy (non-hydrogen) atoms. The zero-order chi connectivity index (χ0) is 13.8. The first-order valence-corrected chi connectivity index (χ1v) is 7.34. The summed E-state index contributed by atoms with van der Waals surface area (Å²) in [6.45, 7) is 2.33. The van der Waals surface area contributed by atoms with E-state index < -0.39 is 0 Å². The quantitative estimate of drug-likeness (QED) is 0.618. The summed E-state index contributed by atoms with van der Waals surface area (Å²) in [5, 5.41) is 0. The van der Waals surface area contributed by atoms with Crippen LogP contribution in [0, 0.1) is 0 Å². The van der Waals surface area contributed by atoms with Gasteiger partial charge in [0.05, 0.1) is 17.6 Å². The molecule has 2 aromatic rings. The molecule has 1 aromatic heterocycles. The van der Waals surface area contributed by atoms with Gasteiger partial charge in [-0.25, -0.2) is 4.98 Å². The molecule has 6 heteroatoms. The van der Waals surface area contributed by atoms with Gasteiger partial charge in [-0.2, -0.15) is 0 Å². The number of rotatable bonds is 5. The Hall–Kier alpha value is -1.07. The van der Waals surface area contributed by atoms with E-state index in [1.807, 2.05) is 22.8 Å². The lowest BCUT2D eigenvalue weighted by molar-refractivity contribution is -0.143. The maximum atomic E-state index is 11.7. The van der Waals surface area contributed by atoms with E-state index in [9.17, 15) is 4.79 Å². The van der Waals surface area contributed by atoms with Crippen molar-refractivity contribution in [1.82, 2.24) is 9.55 Å². The van der Waals surface area contributed by atoms with Crippen LogP contribution < -0.4 is 0 Å². The summed E-state index contributed by atoms with van der Waals surface area (Å²) in [5.74, 6) is 1.00. The van der Waals surface area contributed by atoms with Gasteiger partial charge in [-0.1, -0.05) is 15.9 Å². The molecule has 4 nitrogen and oxygen atoms in total. The number of hydrogen-bond donors (Lipinski definition) is 0. The molecule has 1 heterocycles. The number of carbonyl (C=O) groups is 1. The summed E-state index contributed by atoms with van der Waals surface area (Å²) >= 11 is 9.21. The molecule has 0 bridgehead atoms.